The molecule has 0 aliphatic heterocycles. The number of amides is 1. The molecule has 0 saturated heterocycles. The van der Waals surface area contributed by atoms with E-state index in [2.05, 4.69) is 10.3 Å². The summed E-state index contributed by atoms with van der Waals surface area (Å²) in [5, 5.41) is 5.21. The van der Waals surface area contributed by atoms with Crippen LogP contribution in [0.2, 0.25) is 0 Å². The van der Waals surface area contributed by atoms with E-state index in [1.54, 1.807) is 17.8 Å². The van der Waals surface area contributed by atoms with Gasteiger partial charge in [0.1, 0.15) is 11.4 Å². The maximum Gasteiger partial charge on any atom is 0.262 e. The van der Waals surface area contributed by atoms with E-state index in [1.165, 1.54) is 27.1 Å². The molecular formula is C16H15N3O2S2. The quantitative estimate of drug-likeness (QED) is 0.550. The van der Waals surface area contributed by atoms with Gasteiger partial charge in [0.15, 0.2) is 0 Å². The Morgan fingerprint density at radius 1 is 1.26 bits per heavy atom. The molecule has 7 heteroatoms. The Morgan fingerprint density at radius 2 is 2.09 bits per heavy atom. The fraction of sp³-hybridized carbons (Fsp3) is 0.188. The molecule has 5 nitrogen and oxygen atoms in total. The van der Waals surface area contributed by atoms with E-state index in [1.807, 2.05) is 35.7 Å². The second kappa shape index (κ2) is 7.43. The Kier molecular flexibility index (Phi) is 5.09. The van der Waals surface area contributed by atoms with Crippen molar-refractivity contribution in [2.45, 2.75) is 11.4 Å². The van der Waals surface area contributed by atoms with E-state index in [0.717, 1.165) is 5.75 Å². The van der Waals surface area contributed by atoms with Gasteiger partial charge in [0.05, 0.1) is 11.7 Å². The number of nitrogens with one attached hydrogen (secondary N) is 1. The van der Waals surface area contributed by atoms with Crippen LogP contribution in [0.5, 0.6) is 0 Å². The van der Waals surface area contributed by atoms with Gasteiger partial charge in [-0.25, -0.2) is 4.98 Å². The number of nitrogens with zero attached hydrogens (tertiary/aromatic N) is 2. The monoisotopic (exact) mass is 345 g/mol. The minimum Gasteiger partial charge on any atom is -0.354 e. The summed E-state index contributed by atoms with van der Waals surface area (Å²) in [5.41, 5.74) is -0.176. The number of rotatable bonds is 6. The van der Waals surface area contributed by atoms with Gasteiger partial charge in [-0.05, 0) is 23.6 Å². The maximum atomic E-state index is 12.2. The third kappa shape index (κ3) is 4.00. The summed E-state index contributed by atoms with van der Waals surface area (Å²) in [6.45, 7) is 0.550. The SMILES string of the molecule is O=C(Cn1cnc2sccc2c1=O)NCCSc1ccccc1. The van der Waals surface area contributed by atoms with E-state index in [0.29, 0.717) is 16.8 Å². The first kappa shape index (κ1) is 15.8. The second-order valence-corrected chi connectivity index (χ2v) is 6.89. The molecule has 0 saturated carbocycles. The number of hydrogen-bond donors (Lipinski definition) is 1. The smallest absolute Gasteiger partial charge is 0.262 e. The van der Waals surface area contributed by atoms with Gasteiger partial charge >= 0.3 is 0 Å². The first-order chi connectivity index (χ1) is 11.2. The number of benzene rings is 1. The molecule has 2 heterocycles. The van der Waals surface area contributed by atoms with E-state index in [-0.39, 0.29) is 18.0 Å². The highest BCUT2D eigenvalue weighted by atomic mass is 32.2. The largest absolute Gasteiger partial charge is 0.354 e. The normalized spacial score (nSPS) is 10.8. The molecule has 23 heavy (non-hydrogen) atoms. The summed E-state index contributed by atoms with van der Waals surface area (Å²) in [4.78, 5) is 30.2. The highest BCUT2D eigenvalue weighted by molar-refractivity contribution is 7.99. The van der Waals surface area contributed by atoms with Crippen molar-refractivity contribution in [1.82, 2.24) is 14.9 Å². The van der Waals surface area contributed by atoms with E-state index >= 15 is 0 Å². The van der Waals surface area contributed by atoms with Crippen molar-refractivity contribution in [3.63, 3.8) is 0 Å². The Balaban J connectivity index is 1.50. The van der Waals surface area contributed by atoms with Crippen LogP contribution in [0.1, 0.15) is 0 Å². The predicted molar refractivity (Wildman–Crippen MR) is 94.1 cm³/mol. The van der Waals surface area contributed by atoms with Crippen molar-refractivity contribution in [2.24, 2.45) is 0 Å². The van der Waals surface area contributed by atoms with Crippen LogP contribution in [0, 0.1) is 0 Å². The number of fused-ring (bicyclic) bond motifs is 1. The van der Waals surface area contributed by atoms with Crippen LogP contribution in [-0.2, 0) is 11.3 Å². The van der Waals surface area contributed by atoms with Gasteiger partial charge in [-0.1, -0.05) is 18.2 Å². The molecule has 0 bridgehead atoms. The number of carbonyl (C=O) groups is 1. The molecule has 3 rings (SSSR count). The molecule has 0 atom stereocenters. The van der Waals surface area contributed by atoms with Gasteiger partial charge in [-0.2, -0.15) is 0 Å². The average Bonchev–Trinajstić information content (AvgIpc) is 3.05. The zero-order valence-electron chi connectivity index (χ0n) is 12.3. The van der Waals surface area contributed by atoms with Crippen LogP contribution >= 0.6 is 23.1 Å². The van der Waals surface area contributed by atoms with Gasteiger partial charge in [0.25, 0.3) is 5.56 Å². The molecule has 0 unspecified atom stereocenters. The molecule has 1 aromatic carbocycles. The number of hydrogen-bond acceptors (Lipinski definition) is 5. The fourth-order valence-electron chi connectivity index (χ4n) is 2.09. The lowest BCUT2D eigenvalue weighted by Crippen LogP contribution is -2.33. The van der Waals surface area contributed by atoms with Gasteiger partial charge in [-0.3, -0.25) is 14.2 Å². The Hall–Kier alpha value is -2.12. The highest BCUT2D eigenvalue weighted by Crippen LogP contribution is 2.15. The fourth-order valence-corrected chi connectivity index (χ4v) is 3.61. The first-order valence-corrected chi connectivity index (χ1v) is 8.98. The minimum atomic E-state index is -0.183. The highest BCUT2D eigenvalue weighted by Gasteiger charge is 2.08. The van der Waals surface area contributed by atoms with E-state index < -0.39 is 0 Å². The number of aromatic nitrogens is 2. The van der Waals surface area contributed by atoms with Crippen LogP contribution in [0.15, 0.2) is 57.8 Å². The molecule has 1 amide bonds. The lowest BCUT2D eigenvalue weighted by molar-refractivity contribution is -0.121. The number of carbonyl (C=O) groups excluding carboxylic acids is 1. The molecule has 118 valence electrons. The molecule has 0 aliphatic rings. The van der Waals surface area contributed by atoms with Gasteiger partial charge in [0.2, 0.25) is 5.91 Å². The van der Waals surface area contributed by atoms with Crippen molar-refractivity contribution in [1.29, 1.82) is 0 Å². The molecular weight excluding hydrogens is 330 g/mol. The second-order valence-electron chi connectivity index (χ2n) is 4.83. The molecule has 0 spiro atoms. The van der Waals surface area contributed by atoms with Crippen LogP contribution in [0.25, 0.3) is 10.2 Å². The molecule has 0 fully saturated rings. The summed E-state index contributed by atoms with van der Waals surface area (Å²) in [5.74, 6) is 0.601. The van der Waals surface area contributed by atoms with Crippen LogP contribution in [0.3, 0.4) is 0 Å². The van der Waals surface area contributed by atoms with Gasteiger partial charge in [0, 0.05) is 17.2 Å². The van der Waals surface area contributed by atoms with Crippen LogP contribution in [-0.4, -0.2) is 27.8 Å². The summed E-state index contributed by atoms with van der Waals surface area (Å²) < 4.78 is 1.34. The number of thioether (sulfide) groups is 1. The van der Waals surface area contributed by atoms with Crippen molar-refractivity contribution in [3.05, 3.63) is 58.5 Å². The molecule has 3 aromatic rings. The number of thiophene rings is 1. The third-order valence-electron chi connectivity index (χ3n) is 3.20. The van der Waals surface area contributed by atoms with Gasteiger partial charge in [-0.15, -0.1) is 23.1 Å². The lowest BCUT2D eigenvalue weighted by atomic mass is 10.4. The Bertz CT molecular complexity index is 858. The molecule has 1 N–H and O–H groups in total. The standard InChI is InChI=1S/C16H15N3O2S2/c20-14(17-7-9-22-12-4-2-1-3-5-12)10-19-11-18-15-13(16(19)21)6-8-23-15/h1-6,8,11H,7,9-10H2,(H,17,20). The first-order valence-electron chi connectivity index (χ1n) is 7.11. The van der Waals surface area contributed by atoms with E-state index in [9.17, 15) is 9.59 Å². The van der Waals surface area contributed by atoms with Crippen LogP contribution in [0.4, 0.5) is 0 Å². The lowest BCUT2D eigenvalue weighted by Gasteiger charge is -2.07. The third-order valence-corrected chi connectivity index (χ3v) is 5.04. The minimum absolute atomic E-state index is 0.00633. The summed E-state index contributed by atoms with van der Waals surface area (Å²) in [7, 11) is 0. The zero-order valence-corrected chi connectivity index (χ0v) is 13.9. The summed E-state index contributed by atoms with van der Waals surface area (Å²) in [6.07, 6.45) is 1.43. The Labute approximate surface area is 141 Å². The summed E-state index contributed by atoms with van der Waals surface area (Å²) in [6, 6.07) is 11.8. The van der Waals surface area contributed by atoms with Crippen molar-refractivity contribution in [3.8, 4) is 0 Å². The average molecular weight is 345 g/mol. The molecule has 0 aliphatic carbocycles. The predicted octanol–water partition coefficient (Wildman–Crippen LogP) is 2.37. The maximum absolute atomic E-state index is 12.2. The van der Waals surface area contributed by atoms with Crippen molar-refractivity contribution in [2.75, 3.05) is 12.3 Å². The van der Waals surface area contributed by atoms with Gasteiger partial charge < -0.3 is 5.32 Å². The van der Waals surface area contributed by atoms with Crippen molar-refractivity contribution < 1.29 is 4.79 Å². The molecule has 2 aromatic heterocycles. The van der Waals surface area contributed by atoms with E-state index in [4.69, 9.17) is 0 Å². The van der Waals surface area contributed by atoms with Crippen molar-refractivity contribution >= 4 is 39.2 Å². The zero-order chi connectivity index (χ0) is 16.1. The van der Waals surface area contributed by atoms with Crippen LogP contribution < -0.4 is 10.9 Å². The topological polar surface area (TPSA) is 64.0 Å². The summed E-state index contributed by atoms with van der Waals surface area (Å²) >= 11 is 3.10. The molecule has 0 radical (unpaired) electrons. The Morgan fingerprint density at radius 3 is 2.91 bits per heavy atom.